The molecule has 1 aromatic rings. The number of aliphatic carboxylic acids is 1. The van der Waals surface area contributed by atoms with Gasteiger partial charge in [0.2, 0.25) is 0 Å². The standard InChI is InChI=1S/C13H12BrNO4S2/c1-2-3-8(12(17)18)15-11(16)9(21-13(15)20)6-7-4-5-10(14)19-7/h4-6,8H,2-3H2,1H3,(H,17,18). The summed E-state index contributed by atoms with van der Waals surface area (Å²) >= 11 is 9.42. The zero-order valence-electron chi connectivity index (χ0n) is 11.0. The third-order valence-electron chi connectivity index (χ3n) is 2.85. The molecule has 0 radical (unpaired) electrons. The summed E-state index contributed by atoms with van der Waals surface area (Å²) in [6.07, 6.45) is 2.58. The van der Waals surface area contributed by atoms with Crippen molar-refractivity contribution in [1.82, 2.24) is 4.90 Å². The molecular weight excluding hydrogens is 378 g/mol. The van der Waals surface area contributed by atoms with Gasteiger partial charge in [-0.05, 0) is 34.5 Å². The number of furan rings is 1. The number of carbonyl (C=O) groups is 2. The number of rotatable bonds is 5. The van der Waals surface area contributed by atoms with Gasteiger partial charge in [-0.1, -0.05) is 37.3 Å². The highest BCUT2D eigenvalue weighted by atomic mass is 79.9. The summed E-state index contributed by atoms with van der Waals surface area (Å²) in [5.41, 5.74) is 0. The van der Waals surface area contributed by atoms with Crippen LogP contribution < -0.4 is 0 Å². The van der Waals surface area contributed by atoms with Crippen LogP contribution in [0.5, 0.6) is 0 Å². The highest BCUT2D eigenvalue weighted by Crippen LogP contribution is 2.35. The van der Waals surface area contributed by atoms with E-state index in [2.05, 4.69) is 15.9 Å². The molecule has 1 aliphatic rings. The fraction of sp³-hybridized carbons (Fsp3) is 0.308. The van der Waals surface area contributed by atoms with Crippen LogP contribution >= 0.6 is 39.9 Å². The monoisotopic (exact) mass is 389 g/mol. The van der Waals surface area contributed by atoms with Crippen molar-refractivity contribution in [2.24, 2.45) is 0 Å². The second kappa shape index (κ2) is 6.76. The van der Waals surface area contributed by atoms with Crippen LogP contribution in [0, 0.1) is 0 Å². The van der Waals surface area contributed by atoms with E-state index in [1.165, 1.54) is 4.90 Å². The number of carboxylic acids is 1. The van der Waals surface area contributed by atoms with Crippen LogP contribution in [0.1, 0.15) is 25.5 Å². The summed E-state index contributed by atoms with van der Waals surface area (Å²) in [7, 11) is 0. The Hall–Kier alpha value is -1.12. The minimum Gasteiger partial charge on any atom is -0.480 e. The summed E-state index contributed by atoms with van der Waals surface area (Å²) in [6.45, 7) is 1.86. The number of thiocarbonyl (C=S) groups is 1. The Kier molecular flexibility index (Phi) is 5.23. The molecule has 1 aromatic heterocycles. The lowest BCUT2D eigenvalue weighted by molar-refractivity contribution is -0.145. The number of carbonyl (C=O) groups excluding carboxylic acids is 1. The molecule has 1 amide bonds. The topological polar surface area (TPSA) is 70.8 Å². The zero-order valence-corrected chi connectivity index (χ0v) is 14.3. The van der Waals surface area contributed by atoms with Gasteiger partial charge < -0.3 is 9.52 Å². The van der Waals surface area contributed by atoms with Crippen molar-refractivity contribution in [1.29, 1.82) is 0 Å². The molecule has 0 spiro atoms. The van der Waals surface area contributed by atoms with Gasteiger partial charge in [0.25, 0.3) is 5.91 Å². The van der Waals surface area contributed by atoms with E-state index in [1.807, 2.05) is 6.92 Å². The molecule has 2 rings (SSSR count). The normalized spacial score (nSPS) is 18.6. The molecule has 0 aromatic carbocycles. The average Bonchev–Trinajstić information content (AvgIpc) is 2.93. The summed E-state index contributed by atoms with van der Waals surface area (Å²) in [4.78, 5) is 25.3. The van der Waals surface area contributed by atoms with E-state index in [-0.39, 0.29) is 4.32 Å². The molecule has 0 bridgehead atoms. The number of amides is 1. The number of hydrogen-bond donors (Lipinski definition) is 1. The third-order valence-corrected chi connectivity index (χ3v) is 4.61. The first-order chi connectivity index (χ1) is 9.93. The molecule has 1 unspecified atom stereocenters. The largest absolute Gasteiger partial charge is 0.480 e. The summed E-state index contributed by atoms with van der Waals surface area (Å²) in [5.74, 6) is -0.932. The lowest BCUT2D eigenvalue weighted by Gasteiger charge is -2.22. The molecule has 1 saturated heterocycles. The van der Waals surface area contributed by atoms with Gasteiger partial charge in [-0.25, -0.2) is 4.79 Å². The van der Waals surface area contributed by atoms with Crippen LogP contribution in [-0.2, 0) is 9.59 Å². The molecule has 1 N–H and O–H groups in total. The van der Waals surface area contributed by atoms with E-state index in [4.69, 9.17) is 16.6 Å². The SMILES string of the molecule is CCCC(C(=O)O)N1C(=O)C(=Cc2ccc(Br)o2)SC1=S. The first-order valence-corrected chi connectivity index (χ1v) is 8.21. The Balaban J connectivity index is 2.27. The van der Waals surface area contributed by atoms with E-state index in [1.54, 1.807) is 18.2 Å². The number of nitrogens with zero attached hydrogens (tertiary/aromatic N) is 1. The molecule has 1 atom stereocenters. The lowest BCUT2D eigenvalue weighted by Crippen LogP contribution is -2.43. The number of hydrogen-bond acceptors (Lipinski definition) is 5. The number of thioether (sulfide) groups is 1. The van der Waals surface area contributed by atoms with Crippen molar-refractivity contribution in [3.8, 4) is 0 Å². The van der Waals surface area contributed by atoms with Crippen molar-refractivity contribution in [3.63, 3.8) is 0 Å². The van der Waals surface area contributed by atoms with Crippen molar-refractivity contribution < 1.29 is 19.1 Å². The molecule has 2 heterocycles. The van der Waals surface area contributed by atoms with E-state index >= 15 is 0 Å². The minimum atomic E-state index is -1.05. The maximum atomic E-state index is 12.4. The van der Waals surface area contributed by atoms with Gasteiger partial charge in [-0.2, -0.15) is 0 Å². The maximum Gasteiger partial charge on any atom is 0.326 e. The van der Waals surface area contributed by atoms with E-state index in [0.717, 1.165) is 11.8 Å². The average molecular weight is 390 g/mol. The highest BCUT2D eigenvalue weighted by molar-refractivity contribution is 9.10. The Morgan fingerprint density at radius 1 is 1.62 bits per heavy atom. The summed E-state index contributed by atoms with van der Waals surface area (Å²) in [5, 5.41) is 9.27. The molecular formula is C13H12BrNO4S2. The van der Waals surface area contributed by atoms with Gasteiger partial charge in [-0.3, -0.25) is 9.69 Å². The third kappa shape index (κ3) is 3.56. The minimum absolute atomic E-state index is 0.262. The van der Waals surface area contributed by atoms with Crippen molar-refractivity contribution in [2.75, 3.05) is 0 Å². The molecule has 21 heavy (non-hydrogen) atoms. The Morgan fingerprint density at radius 3 is 2.86 bits per heavy atom. The van der Waals surface area contributed by atoms with Gasteiger partial charge in [0, 0.05) is 6.08 Å². The Labute approximate surface area is 139 Å². The van der Waals surface area contributed by atoms with Gasteiger partial charge in [-0.15, -0.1) is 0 Å². The molecule has 112 valence electrons. The summed E-state index contributed by atoms with van der Waals surface area (Å²) in [6, 6.07) is 2.50. The quantitative estimate of drug-likeness (QED) is 0.613. The molecule has 1 aliphatic heterocycles. The molecule has 1 fully saturated rings. The summed E-state index contributed by atoms with van der Waals surface area (Å²) < 4.78 is 6.13. The van der Waals surface area contributed by atoms with Crippen LogP contribution in [0.15, 0.2) is 26.1 Å². The zero-order chi connectivity index (χ0) is 15.6. The predicted octanol–water partition coefficient (Wildman–Crippen LogP) is 3.50. The molecule has 0 saturated carbocycles. The molecule has 5 nitrogen and oxygen atoms in total. The first kappa shape index (κ1) is 16.3. The van der Waals surface area contributed by atoms with Crippen molar-refractivity contribution >= 4 is 62.2 Å². The predicted molar refractivity (Wildman–Crippen MR) is 87.8 cm³/mol. The maximum absolute atomic E-state index is 12.4. The van der Waals surface area contributed by atoms with Crippen LogP contribution in [-0.4, -0.2) is 32.2 Å². The van der Waals surface area contributed by atoms with Crippen molar-refractivity contribution in [2.45, 2.75) is 25.8 Å². The highest BCUT2D eigenvalue weighted by Gasteiger charge is 2.40. The van der Waals surface area contributed by atoms with Crippen LogP contribution in [0.25, 0.3) is 6.08 Å². The van der Waals surface area contributed by atoms with E-state index in [0.29, 0.717) is 28.2 Å². The van der Waals surface area contributed by atoms with Crippen LogP contribution in [0.2, 0.25) is 0 Å². The second-order valence-electron chi connectivity index (χ2n) is 4.34. The Morgan fingerprint density at radius 2 is 2.33 bits per heavy atom. The van der Waals surface area contributed by atoms with Crippen molar-refractivity contribution in [3.05, 3.63) is 27.5 Å². The Bertz CT molecular complexity index is 625. The number of halogens is 1. The van der Waals surface area contributed by atoms with Gasteiger partial charge in [0.05, 0.1) is 4.91 Å². The molecule has 0 aliphatic carbocycles. The van der Waals surface area contributed by atoms with Crippen LogP contribution in [0.4, 0.5) is 0 Å². The molecule has 8 heteroatoms. The van der Waals surface area contributed by atoms with E-state index in [9.17, 15) is 14.7 Å². The fourth-order valence-electron chi connectivity index (χ4n) is 1.92. The first-order valence-electron chi connectivity index (χ1n) is 6.19. The lowest BCUT2D eigenvalue weighted by atomic mass is 10.1. The number of carboxylic acid groups (broad SMARTS) is 1. The smallest absolute Gasteiger partial charge is 0.326 e. The van der Waals surface area contributed by atoms with E-state index < -0.39 is 17.9 Å². The van der Waals surface area contributed by atoms with Gasteiger partial charge in [0.15, 0.2) is 4.67 Å². The van der Waals surface area contributed by atoms with Crippen LogP contribution in [0.3, 0.4) is 0 Å². The fourth-order valence-corrected chi connectivity index (χ4v) is 3.58. The van der Waals surface area contributed by atoms with Gasteiger partial charge >= 0.3 is 5.97 Å². The van der Waals surface area contributed by atoms with Gasteiger partial charge in [0.1, 0.15) is 16.1 Å². The second-order valence-corrected chi connectivity index (χ2v) is 6.79.